The van der Waals surface area contributed by atoms with Crippen molar-refractivity contribution in [2.75, 3.05) is 0 Å². The third-order valence-electron chi connectivity index (χ3n) is 4.22. The zero-order valence-corrected chi connectivity index (χ0v) is 14.9. The first-order chi connectivity index (χ1) is 13.7. The number of benzene rings is 2. The highest BCUT2D eigenvalue weighted by molar-refractivity contribution is 5.80. The van der Waals surface area contributed by atoms with Crippen LogP contribution in [0.25, 0.3) is 33.9 Å². The Bertz CT molecular complexity index is 1240. The van der Waals surface area contributed by atoms with Crippen LogP contribution in [-0.2, 0) is 7.05 Å². The Labute approximate surface area is 159 Å². The number of aryl methyl sites for hydroxylation is 1. The number of nitrogens with one attached hydrogen (secondary N) is 1. The summed E-state index contributed by atoms with van der Waals surface area (Å²) in [6.45, 7) is 0. The second kappa shape index (κ2) is 6.58. The van der Waals surface area contributed by atoms with E-state index in [4.69, 9.17) is 4.74 Å². The van der Waals surface area contributed by atoms with Crippen molar-refractivity contribution in [3.05, 3.63) is 66.9 Å². The molecule has 0 amide bonds. The molecule has 1 N–H and O–H groups in total. The van der Waals surface area contributed by atoms with E-state index in [9.17, 15) is 0 Å². The summed E-state index contributed by atoms with van der Waals surface area (Å²) in [5.41, 5.74) is 3.43. The maximum Gasteiger partial charge on any atom is 0.204 e. The Morgan fingerprint density at radius 3 is 2.57 bits per heavy atom. The predicted molar refractivity (Wildman–Crippen MR) is 104 cm³/mol. The molecule has 8 nitrogen and oxygen atoms in total. The molecule has 0 aliphatic carbocycles. The zero-order chi connectivity index (χ0) is 18.9. The van der Waals surface area contributed by atoms with Gasteiger partial charge in [-0.15, -0.1) is 10.2 Å². The van der Waals surface area contributed by atoms with Crippen LogP contribution >= 0.6 is 0 Å². The molecule has 5 rings (SSSR count). The van der Waals surface area contributed by atoms with Crippen LogP contribution in [0.1, 0.15) is 0 Å². The Balaban J connectivity index is 1.39. The molecule has 0 radical (unpaired) electrons. The smallest absolute Gasteiger partial charge is 0.204 e. The van der Waals surface area contributed by atoms with Crippen molar-refractivity contribution in [2.24, 2.45) is 7.05 Å². The van der Waals surface area contributed by atoms with Gasteiger partial charge in [0.1, 0.15) is 17.2 Å². The summed E-state index contributed by atoms with van der Waals surface area (Å²) in [6, 6.07) is 19.0. The summed E-state index contributed by atoms with van der Waals surface area (Å²) in [6.07, 6.45) is 1.75. The van der Waals surface area contributed by atoms with Crippen LogP contribution in [-0.4, -0.2) is 35.2 Å². The second-order valence-electron chi connectivity index (χ2n) is 6.21. The lowest BCUT2D eigenvalue weighted by Crippen LogP contribution is -1.91. The minimum absolute atomic E-state index is 0.579. The number of hydrogen-bond acceptors (Lipinski definition) is 6. The molecule has 28 heavy (non-hydrogen) atoms. The van der Waals surface area contributed by atoms with Crippen LogP contribution in [0.2, 0.25) is 0 Å². The van der Waals surface area contributed by atoms with Crippen molar-refractivity contribution in [2.45, 2.75) is 0 Å². The fourth-order valence-electron chi connectivity index (χ4n) is 2.88. The van der Waals surface area contributed by atoms with E-state index < -0.39 is 0 Å². The van der Waals surface area contributed by atoms with Gasteiger partial charge in [-0.25, -0.2) is 4.98 Å². The van der Waals surface area contributed by atoms with Gasteiger partial charge in [0, 0.05) is 17.8 Å². The van der Waals surface area contributed by atoms with E-state index in [0.29, 0.717) is 11.6 Å². The van der Waals surface area contributed by atoms with Crippen LogP contribution in [0.3, 0.4) is 0 Å². The van der Waals surface area contributed by atoms with Crippen molar-refractivity contribution in [3.8, 4) is 34.4 Å². The predicted octanol–water partition coefficient (Wildman–Crippen LogP) is 3.61. The number of fused-ring (bicyclic) bond motifs is 1. The molecule has 0 aliphatic rings. The van der Waals surface area contributed by atoms with Crippen molar-refractivity contribution in [3.63, 3.8) is 0 Å². The number of aromatic nitrogens is 7. The average Bonchev–Trinajstić information content (AvgIpc) is 3.35. The number of ether oxygens (including phenoxy) is 1. The van der Waals surface area contributed by atoms with E-state index in [2.05, 4.69) is 30.4 Å². The molecule has 0 fully saturated rings. The first-order valence-corrected chi connectivity index (χ1v) is 8.68. The first kappa shape index (κ1) is 16.1. The van der Waals surface area contributed by atoms with Crippen molar-refractivity contribution in [1.82, 2.24) is 35.2 Å². The quantitative estimate of drug-likeness (QED) is 0.520. The molecule has 3 heterocycles. The standard InChI is InChI=1S/C20H15N7O/c1-27-25-19(24-26-27)13-5-7-14(8-6-13)28-15-9-10-16-18(12-15)23-20(22-16)17-4-2-3-11-21-17/h2-12H,1H3,(H,22,23). The van der Waals surface area contributed by atoms with Crippen LogP contribution in [0.4, 0.5) is 0 Å². The van der Waals surface area contributed by atoms with Gasteiger partial charge in [0.2, 0.25) is 5.82 Å². The Hall–Kier alpha value is -4.07. The van der Waals surface area contributed by atoms with Gasteiger partial charge >= 0.3 is 0 Å². The topological polar surface area (TPSA) is 94.4 Å². The lowest BCUT2D eigenvalue weighted by molar-refractivity contribution is 0.483. The molecule has 0 unspecified atom stereocenters. The third-order valence-corrected chi connectivity index (χ3v) is 4.22. The highest BCUT2D eigenvalue weighted by Crippen LogP contribution is 2.27. The van der Waals surface area contributed by atoms with Gasteiger partial charge in [0.25, 0.3) is 0 Å². The molecule has 0 atom stereocenters. The summed E-state index contributed by atoms with van der Waals surface area (Å²) >= 11 is 0. The van der Waals surface area contributed by atoms with E-state index >= 15 is 0 Å². The highest BCUT2D eigenvalue weighted by atomic mass is 16.5. The summed E-state index contributed by atoms with van der Waals surface area (Å²) in [4.78, 5) is 13.6. The maximum absolute atomic E-state index is 5.97. The minimum Gasteiger partial charge on any atom is -0.457 e. The molecule has 136 valence electrons. The van der Waals surface area contributed by atoms with Crippen LogP contribution in [0, 0.1) is 0 Å². The van der Waals surface area contributed by atoms with Gasteiger partial charge in [-0.2, -0.15) is 4.80 Å². The summed E-state index contributed by atoms with van der Waals surface area (Å²) < 4.78 is 5.97. The molecule has 0 bridgehead atoms. The Morgan fingerprint density at radius 2 is 1.82 bits per heavy atom. The van der Waals surface area contributed by atoms with E-state index in [1.165, 1.54) is 4.80 Å². The minimum atomic E-state index is 0.579. The van der Waals surface area contributed by atoms with Gasteiger partial charge in [-0.3, -0.25) is 4.98 Å². The summed E-state index contributed by atoms with van der Waals surface area (Å²) in [7, 11) is 1.73. The van der Waals surface area contributed by atoms with Crippen molar-refractivity contribution >= 4 is 11.0 Å². The zero-order valence-electron chi connectivity index (χ0n) is 14.9. The monoisotopic (exact) mass is 369 g/mol. The van der Waals surface area contributed by atoms with Crippen molar-refractivity contribution in [1.29, 1.82) is 0 Å². The molecule has 5 aromatic rings. The molecule has 0 aliphatic heterocycles. The van der Waals surface area contributed by atoms with E-state index in [-0.39, 0.29) is 0 Å². The van der Waals surface area contributed by atoms with Gasteiger partial charge in [-0.05, 0) is 53.7 Å². The van der Waals surface area contributed by atoms with E-state index in [1.807, 2.05) is 60.7 Å². The number of rotatable bonds is 4. The number of H-pyrrole nitrogens is 1. The van der Waals surface area contributed by atoms with Gasteiger partial charge in [0.15, 0.2) is 5.82 Å². The fraction of sp³-hybridized carbons (Fsp3) is 0.0500. The van der Waals surface area contributed by atoms with E-state index in [1.54, 1.807) is 13.2 Å². The third kappa shape index (κ3) is 3.07. The average molecular weight is 369 g/mol. The SMILES string of the molecule is Cn1nnc(-c2ccc(Oc3ccc4nc(-c5ccccn5)[nH]c4c3)cc2)n1. The lowest BCUT2D eigenvalue weighted by Gasteiger charge is -2.06. The molecule has 8 heteroatoms. The van der Waals surface area contributed by atoms with Crippen LogP contribution < -0.4 is 4.74 Å². The van der Waals surface area contributed by atoms with Gasteiger partial charge in [-0.1, -0.05) is 6.07 Å². The number of pyridine rings is 1. The number of hydrogen-bond donors (Lipinski definition) is 1. The summed E-state index contributed by atoms with van der Waals surface area (Å²) in [5.74, 6) is 2.74. The maximum atomic E-state index is 5.97. The van der Waals surface area contributed by atoms with Crippen LogP contribution in [0.5, 0.6) is 11.5 Å². The fourth-order valence-corrected chi connectivity index (χ4v) is 2.88. The first-order valence-electron chi connectivity index (χ1n) is 8.68. The number of nitrogens with zero attached hydrogens (tertiary/aromatic N) is 6. The highest BCUT2D eigenvalue weighted by Gasteiger charge is 2.08. The molecule has 2 aromatic carbocycles. The van der Waals surface area contributed by atoms with Gasteiger partial charge in [0.05, 0.1) is 18.1 Å². The number of imidazole rings is 1. The number of aromatic amines is 1. The van der Waals surface area contributed by atoms with Gasteiger partial charge < -0.3 is 9.72 Å². The molecule has 0 saturated heterocycles. The Morgan fingerprint density at radius 1 is 0.964 bits per heavy atom. The number of tetrazole rings is 1. The lowest BCUT2D eigenvalue weighted by atomic mass is 10.2. The molecular weight excluding hydrogens is 354 g/mol. The molecule has 0 saturated carbocycles. The largest absolute Gasteiger partial charge is 0.457 e. The van der Waals surface area contributed by atoms with Crippen molar-refractivity contribution < 1.29 is 4.74 Å². The second-order valence-corrected chi connectivity index (χ2v) is 6.21. The normalized spacial score (nSPS) is 11.0. The summed E-state index contributed by atoms with van der Waals surface area (Å²) in [5, 5.41) is 12.0. The van der Waals surface area contributed by atoms with Crippen LogP contribution in [0.15, 0.2) is 66.9 Å². The molecule has 0 spiro atoms. The molecule has 3 aromatic heterocycles. The Kier molecular flexibility index (Phi) is 3.79. The van der Waals surface area contributed by atoms with E-state index in [0.717, 1.165) is 33.9 Å². The molecular formula is C20H15N7O.